The molecule has 2 aliphatic rings. The van der Waals surface area contributed by atoms with Gasteiger partial charge >= 0.3 is 0 Å². The van der Waals surface area contributed by atoms with Gasteiger partial charge in [0.1, 0.15) is 6.04 Å². The molecule has 1 unspecified atom stereocenters. The number of carbonyl (C=O) groups is 2. The van der Waals surface area contributed by atoms with Crippen LogP contribution in [-0.2, 0) is 11.3 Å². The fourth-order valence-corrected chi connectivity index (χ4v) is 4.45. The van der Waals surface area contributed by atoms with E-state index >= 15 is 0 Å². The molecule has 30 heavy (non-hydrogen) atoms. The highest BCUT2D eigenvalue weighted by atomic mass is 16.5. The Balaban J connectivity index is 1.61. The lowest BCUT2D eigenvalue weighted by atomic mass is 10.0. The third-order valence-corrected chi connectivity index (χ3v) is 5.89. The number of nitrogens with one attached hydrogen (secondary N) is 1. The molecule has 1 aliphatic carbocycles. The first kappa shape index (κ1) is 20.3. The first-order valence-electron chi connectivity index (χ1n) is 10.6. The van der Waals surface area contributed by atoms with Crippen LogP contribution in [0.3, 0.4) is 0 Å². The monoisotopic (exact) mass is 408 g/mol. The van der Waals surface area contributed by atoms with E-state index in [1.54, 1.807) is 18.1 Å². The van der Waals surface area contributed by atoms with Crippen LogP contribution in [0.15, 0.2) is 42.5 Å². The molecular formula is C24H28N2O4. The Bertz CT molecular complexity index is 937. The number of hydrogen-bond acceptors (Lipinski definition) is 4. The third-order valence-electron chi connectivity index (χ3n) is 5.89. The van der Waals surface area contributed by atoms with E-state index in [9.17, 15) is 9.59 Å². The van der Waals surface area contributed by atoms with Crippen molar-refractivity contribution in [2.45, 2.75) is 51.2 Å². The largest absolute Gasteiger partial charge is 0.493 e. The van der Waals surface area contributed by atoms with Crippen molar-refractivity contribution >= 4 is 11.8 Å². The number of nitrogens with zero attached hydrogens (tertiary/aromatic N) is 1. The molecule has 2 aromatic rings. The number of carbonyl (C=O) groups excluding carboxylic acids is 2. The van der Waals surface area contributed by atoms with Gasteiger partial charge in [-0.15, -0.1) is 0 Å². The van der Waals surface area contributed by atoms with Gasteiger partial charge in [-0.1, -0.05) is 37.1 Å². The highest BCUT2D eigenvalue weighted by molar-refractivity contribution is 6.04. The van der Waals surface area contributed by atoms with Gasteiger partial charge in [-0.3, -0.25) is 9.59 Å². The maximum atomic E-state index is 13.2. The summed E-state index contributed by atoms with van der Waals surface area (Å²) >= 11 is 0. The molecule has 1 heterocycles. The van der Waals surface area contributed by atoms with E-state index in [4.69, 9.17) is 9.47 Å². The van der Waals surface area contributed by atoms with Crippen LogP contribution in [0.2, 0.25) is 0 Å². The number of methoxy groups -OCH3 is 1. The Kier molecular flexibility index (Phi) is 5.93. The maximum absolute atomic E-state index is 13.2. The Hall–Kier alpha value is -3.02. The Morgan fingerprint density at radius 2 is 1.90 bits per heavy atom. The van der Waals surface area contributed by atoms with Gasteiger partial charge in [0.2, 0.25) is 5.91 Å². The number of amides is 2. The molecule has 1 N–H and O–H groups in total. The van der Waals surface area contributed by atoms with Gasteiger partial charge in [0, 0.05) is 18.2 Å². The van der Waals surface area contributed by atoms with E-state index in [2.05, 4.69) is 5.32 Å². The van der Waals surface area contributed by atoms with Crippen LogP contribution in [0.25, 0.3) is 0 Å². The van der Waals surface area contributed by atoms with Gasteiger partial charge in [-0.25, -0.2) is 0 Å². The van der Waals surface area contributed by atoms with Gasteiger partial charge in [0.15, 0.2) is 11.5 Å². The average Bonchev–Trinajstić information content (AvgIpc) is 3.36. The summed E-state index contributed by atoms with van der Waals surface area (Å²) in [5.74, 6) is 1.06. The lowest BCUT2D eigenvalue weighted by Crippen LogP contribution is -2.42. The predicted molar refractivity (Wildman–Crippen MR) is 114 cm³/mol. The molecule has 0 radical (unpaired) electrons. The van der Waals surface area contributed by atoms with Crippen molar-refractivity contribution in [3.8, 4) is 11.5 Å². The molecule has 0 bridgehead atoms. The van der Waals surface area contributed by atoms with E-state index in [-0.39, 0.29) is 17.9 Å². The second-order valence-electron chi connectivity index (χ2n) is 7.83. The van der Waals surface area contributed by atoms with Gasteiger partial charge in [0.05, 0.1) is 13.7 Å². The molecule has 1 fully saturated rings. The Morgan fingerprint density at radius 3 is 2.63 bits per heavy atom. The van der Waals surface area contributed by atoms with Gasteiger partial charge < -0.3 is 19.7 Å². The second-order valence-corrected chi connectivity index (χ2v) is 7.83. The van der Waals surface area contributed by atoms with Crippen LogP contribution in [0.5, 0.6) is 11.5 Å². The Labute approximate surface area is 177 Å². The minimum Gasteiger partial charge on any atom is -0.493 e. The van der Waals surface area contributed by atoms with Crippen molar-refractivity contribution in [1.29, 1.82) is 0 Å². The minimum absolute atomic E-state index is 0.0990. The van der Waals surface area contributed by atoms with E-state index < -0.39 is 6.04 Å². The molecule has 0 aromatic heterocycles. The first-order valence-corrected chi connectivity index (χ1v) is 10.6. The summed E-state index contributed by atoms with van der Waals surface area (Å²) in [6.45, 7) is 2.78. The minimum atomic E-state index is -0.619. The summed E-state index contributed by atoms with van der Waals surface area (Å²) in [5, 5.41) is 3.17. The molecule has 158 valence electrons. The molecule has 6 heteroatoms. The fourth-order valence-electron chi connectivity index (χ4n) is 4.45. The lowest BCUT2D eigenvalue weighted by Gasteiger charge is -2.26. The van der Waals surface area contributed by atoms with Gasteiger partial charge in [-0.05, 0) is 49.1 Å². The molecule has 0 saturated heterocycles. The zero-order valence-corrected chi connectivity index (χ0v) is 17.5. The lowest BCUT2D eigenvalue weighted by molar-refractivity contribution is -0.126. The highest BCUT2D eigenvalue weighted by Gasteiger charge is 2.41. The molecular weight excluding hydrogens is 380 g/mol. The summed E-state index contributed by atoms with van der Waals surface area (Å²) in [7, 11) is 1.59. The van der Waals surface area contributed by atoms with Crippen molar-refractivity contribution < 1.29 is 19.1 Å². The van der Waals surface area contributed by atoms with Crippen molar-refractivity contribution in [3.63, 3.8) is 0 Å². The molecule has 6 nitrogen and oxygen atoms in total. The molecule has 2 aromatic carbocycles. The summed E-state index contributed by atoms with van der Waals surface area (Å²) < 4.78 is 11.0. The summed E-state index contributed by atoms with van der Waals surface area (Å²) in [6.07, 6.45) is 4.29. The van der Waals surface area contributed by atoms with Crippen molar-refractivity contribution in [1.82, 2.24) is 10.2 Å². The van der Waals surface area contributed by atoms with Crippen LogP contribution in [0.4, 0.5) is 0 Å². The Morgan fingerprint density at radius 1 is 1.13 bits per heavy atom. The fraction of sp³-hybridized carbons (Fsp3) is 0.417. The number of rotatable bonds is 7. The second kappa shape index (κ2) is 8.78. The van der Waals surface area contributed by atoms with Crippen LogP contribution < -0.4 is 14.8 Å². The topological polar surface area (TPSA) is 67.9 Å². The molecule has 4 rings (SSSR count). The van der Waals surface area contributed by atoms with E-state index in [0.29, 0.717) is 30.2 Å². The van der Waals surface area contributed by atoms with E-state index in [1.807, 2.05) is 43.3 Å². The normalized spacial score (nSPS) is 18.4. The summed E-state index contributed by atoms with van der Waals surface area (Å²) in [4.78, 5) is 28.0. The molecule has 1 saturated carbocycles. The van der Waals surface area contributed by atoms with Crippen LogP contribution in [0.1, 0.15) is 60.1 Å². The van der Waals surface area contributed by atoms with Gasteiger partial charge in [-0.2, -0.15) is 0 Å². The number of hydrogen-bond donors (Lipinski definition) is 1. The van der Waals surface area contributed by atoms with Crippen LogP contribution in [0, 0.1) is 0 Å². The van der Waals surface area contributed by atoms with Gasteiger partial charge in [0.25, 0.3) is 5.91 Å². The first-order chi connectivity index (χ1) is 14.6. The standard InChI is InChI=1S/C24H28N2O4/c1-3-30-20-13-12-16(14-21(20)29-2)15-26-22(23(27)25-17-8-4-5-9-17)18-10-6-7-11-19(18)24(26)28/h6-7,10-14,17,22H,3-5,8-9,15H2,1-2H3,(H,25,27). The molecule has 0 spiro atoms. The number of benzene rings is 2. The third kappa shape index (κ3) is 3.86. The van der Waals surface area contributed by atoms with Crippen molar-refractivity contribution in [2.75, 3.05) is 13.7 Å². The maximum Gasteiger partial charge on any atom is 0.255 e. The zero-order valence-electron chi connectivity index (χ0n) is 17.5. The zero-order chi connectivity index (χ0) is 21.1. The smallest absolute Gasteiger partial charge is 0.255 e. The van der Waals surface area contributed by atoms with Crippen molar-refractivity contribution in [3.05, 3.63) is 59.2 Å². The predicted octanol–water partition coefficient (Wildman–Crippen LogP) is 3.85. The SMILES string of the molecule is CCOc1ccc(CN2C(=O)c3ccccc3C2C(=O)NC2CCCC2)cc1OC. The molecule has 1 aliphatic heterocycles. The van der Waals surface area contributed by atoms with Crippen LogP contribution in [-0.4, -0.2) is 36.5 Å². The quantitative estimate of drug-likeness (QED) is 0.756. The number of fused-ring (bicyclic) bond motifs is 1. The summed E-state index contributed by atoms with van der Waals surface area (Å²) in [5.41, 5.74) is 2.26. The average molecular weight is 408 g/mol. The number of ether oxygens (including phenoxy) is 2. The summed E-state index contributed by atoms with van der Waals surface area (Å²) in [6, 6.07) is 12.6. The molecule has 2 amide bonds. The van der Waals surface area contributed by atoms with E-state index in [0.717, 1.165) is 36.8 Å². The highest BCUT2D eigenvalue weighted by Crippen LogP contribution is 2.37. The van der Waals surface area contributed by atoms with E-state index in [1.165, 1.54) is 0 Å². The van der Waals surface area contributed by atoms with Crippen LogP contribution >= 0.6 is 0 Å². The molecule has 1 atom stereocenters. The van der Waals surface area contributed by atoms with Crippen molar-refractivity contribution in [2.24, 2.45) is 0 Å².